The topological polar surface area (TPSA) is 50.8 Å². The van der Waals surface area contributed by atoms with Gasteiger partial charge in [0, 0.05) is 7.05 Å². The molecule has 56 valence electrons. The van der Waals surface area contributed by atoms with Crippen LogP contribution >= 0.6 is 12.2 Å². The van der Waals surface area contributed by atoms with Crippen molar-refractivity contribution in [3.8, 4) is 0 Å². The maximum Gasteiger partial charge on any atom is 0.194 e. The monoisotopic (exact) mass is 159 g/mol. The van der Waals surface area contributed by atoms with E-state index in [1.54, 1.807) is 11.9 Å². The molecule has 1 unspecified atom stereocenters. The second kappa shape index (κ2) is 2.83. The number of nitrogens with two attached hydrogens (primary N) is 1. The van der Waals surface area contributed by atoms with Gasteiger partial charge in [-0.1, -0.05) is 0 Å². The highest BCUT2D eigenvalue weighted by atomic mass is 32.1. The summed E-state index contributed by atoms with van der Waals surface area (Å²) in [5.41, 5.74) is 5.34. The summed E-state index contributed by atoms with van der Waals surface area (Å²) in [6.45, 7) is 0.605. The van der Waals surface area contributed by atoms with Crippen molar-refractivity contribution in [3.63, 3.8) is 0 Å². The van der Waals surface area contributed by atoms with Gasteiger partial charge in [0.05, 0.1) is 6.54 Å². The van der Waals surface area contributed by atoms with Gasteiger partial charge in [-0.15, -0.1) is 0 Å². The second-order valence-corrected chi connectivity index (χ2v) is 2.43. The molecule has 5 heteroatoms. The van der Waals surface area contributed by atoms with Gasteiger partial charge in [-0.25, -0.2) is 0 Å². The van der Waals surface area contributed by atoms with Gasteiger partial charge in [0.2, 0.25) is 0 Å². The van der Waals surface area contributed by atoms with Gasteiger partial charge in [-0.05, 0) is 12.2 Å². The van der Waals surface area contributed by atoms with Crippen LogP contribution in [-0.4, -0.2) is 36.2 Å². The molecule has 0 aromatic heterocycles. The minimum atomic E-state index is -0.0995. The summed E-state index contributed by atoms with van der Waals surface area (Å²) >= 11 is 4.72. The quantitative estimate of drug-likeness (QED) is 0.526. The Kier molecular flexibility index (Phi) is 2.06. The maximum absolute atomic E-state index is 5.34. The first-order chi connectivity index (χ1) is 4.72. The minimum absolute atomic E-state index is 0.0995. The molecule has 1 atom stereocenters. The van der Waals surface area contributed by atoms with Gasteiger partial charge in [0.25, 0.3) is 0 Å². The van der Waals surface area contributed by atoms with Gasteiger partial charge in [-0.3, -0.25) is 4.99 Å². The highest BCUT2D eigenvalue weighted by Crippen LogP contribution is 2.02. The van der Waals surface area contributed by atoms with Crippen LogP contribution in [0.2, 0.25) is 0 Å². The normalized spacial score (nSPS) is 22.3. The van der Waals surface area contributed by atoms with Crippen molar-refractivity contribution < 1.29 is 4.74 Å². The van der Waals surface area contributed by atoms with Crippen molar-refractivity contribution in [2.24, 2.45) is 10.7 Å². The van der Waals surface area contributed by atoms with Crippen molar-refractivity contribution in [3.05, 3.63) is 0 Å². The molecule has 0 saturated heterocycles. The lowest BCUT2D eigenvalue weighted by Crippen LogP contribution is -2.41. The standard InChI is InChI=1S/C5H9N3OS/c1-8(5(6)10)4-2-7-3-9-4/h3-4H,2H2,1H3,(H2,6,10). The lowest BCUT2D eigenvalue weighted by atomic mass is 10.5. The van der Waals surface area contributed by atoms with E-state index >= 15 is 0 Å². The van der Waals surface area contributed by atoms with Gasteiger partial charge >= 0.3 is 0 Å². The molecule has 0 aromatic carbocycles. The van der Waals surface area contributed by atoms with E-state index in [0.29, 0.717) is 11.7 Å². The van der Waals surface area contributed by atoms with Crippen molar-refractivity contribution >= 4 is 23.7 Å². The number of aliphatic imine (C=N–C) groups is 1. The summed E-state index contributed by atoms with van der Waals surface area (Å²) in [5, 5.41) is 0.329. The van der Waals surface area contributed by atoms with Crippen LogP contribution < -0.4 is 5.73 Å². The molecular formula is C5H9N3OS. The number of nitrogens with zero attached hydrogens (tertiary/aromatic N) is 2. The Morgan fingerprint density at radius 2 is 2.70 bits per heavy atom. The van der Waals surface area contributed by atoms with Crippen LogP contribution in [0.1, 0.15) is 0 Å². The third-order valence-corrected chi connectivity index (χ3v) is 1.62. The molecule has 0 radical (unpaired) electrons. The first-order valence-electron chi connectivity index (χ1n) is 2.88. The molecule has 0 saturated carbocycles. The Labute approximate surface area is 64.7 Å². The molecule has 0 aliphatic carbocycles. The van der Waals surface area contributed by atoms with E-state index in [0.717, 1.165) is 0 Å². The van der Waals surface area contributed by atoms with Crippen LogP contribution in [0.4, 0.5) is 0 Å². The first-order valence-corrected chi connectivity index (χ1v) is 3.28. The summed E-state index contributed by atoms with van der Waals surface area (Å²) in [7, 11) is 1.78. The number of rotatable bonds is 1. The molecule has 10 heavy (non-hydrogen) atoms. The number of likely N-dealkylation sites (N-methyl/N-ethyl adjacent to an activating group) is 1. The number of ether oxygens (including phenoxy) is 1. The van der Waals surface area contributed by atoms with E-state index in [1.807, 2.05) is 0 Å². The van der Waals surface area contributed by atoms with E-state index < -0.39 is 0 Å². The Hall–Kier alpha value is -0.840. The molecule has 0 bridgehead atoms. The zero-order valence-electron chi connectivity index (χ0n) is 5.65. The molecule has 0 spiro atoms. The average Bonchev–Trinajstić information content (AvgIpc) is 2.36. The highest BCUT2D eigenvalue weighted by molar-refractivity contribution is 7.80. The summed E-state index contributed by atoms with van der Waals surface area (Å²) in [4.78, 5) is 5.53. The third-order valence-electron chi connectivity index (χ3n) is 1.33. The van der Waals surface area contributed by atoms with Gasteiger partial charge < -0.3 is 15.4 Å². The summed E-state index contributed by atoms with van der Waals surface area (Å²) in [6.07, 6.45) is 1.32. The van der Waals surface area contributed by atoms with Gasteiger partial charge in [0.1, 0.15) is 0 Å². The second-order valence-electron chi connectivity index (χ2n) is 2.01. The SMILES string of the molecule is CN(C(N)=S)C1CN=CO1. The van der Waals surface area contributed by atoms with Crippen LogP contribution in [0.3, 0.4) is 0 Å². The summed E-state index contributed by atoms with van der Waals surface area (Å²) in [5.74, 6) is 0. The highest BCUT2D eigenvalue weighted by Gasteiger charge is 2.18. The fourth-order valence-electron chi connectivity index (χ4n) is 0.645. The molecule has 0 amide bonds. The number of hydrogen-bond donors (Lipinski definition) is 1. The van der Waals surface area contributed by atoms with Crippen molar-refractivity contribution in [1.29, 1.82) is 0 Å². The number of hydrogen-bond acceptors (Lipinski definition) is 3. The van der Waals surface area contributed by atoms with Crippen molar-refractivity contribution in [2.75, 3.05) is 13.6 Å². The lowest BCUT2D eigenvalue weighted by Gasteiger charge is -2.22. The van der Waals surface area contributed by atoms with Crippen LogP contribution in [0.25, 0.3) is 0 Å². The van der Waals surface area contributed by atoms with E-state index in [1.165, 1.54) is 6.40 Å². The fraction of sp³-hybridized carbons (Fsp3) is 0.600. The molecule has 1 aliphatic heterocycles. The van der Waals surface area contributed by atoms with Gasteiger partial charge in [0.15, 0.2) is 17.7 Å². The predicted octanol–water partition coefficient (Wildman–Crippen LogP) is -0.454. The van der Waals surface area contributed by atoms with E-state index in [9.17, 15) is 0 Å². The molecule has 0 aromatic rings. The van der Waals surface area contributed by atoms with E-state index in [4.69, 9.17) is 22.7 Å². The molecule has 4 nitrogen and oxygen atoms in total. The van der Waals surface area contributed by atoms with Gasteiger partial charge in [-0.2, -0.15) is 0 Å². The Bertz CT molecular complexity index is 162. The fourth-order valence-corrected chi connectivity index (χ4v) is 0.763. The Balaban J connectivity index is 2.42. The summed E-state index contributed by atoms with van der Waals surface area (Å²) in [6, 6.07) is 0. The molecular weight excluding hydrogens is 150 g/mol. The molecule has 1 heterocycles. The third kappa shape index (κ3) is 1.36. The smallest absolute Gasteiger partial charge is 0.194 e. The van der Waals surface area contributed by atoms with Crippen LogP contribution in [0.5, 0.6) is 0 Å². The average molecular weight is 159 g/mol. The zero-order chi connectivity index (χ0) is 7.56. The minimum Gasteiger partial charge on any atom is -0.458 e. The predicted molar refractivity (Wildman–Crippen MR) is 42.8 cm³/mol. The zero-order valence-corrected chi connectivity index (χ0v) is 6.47. The largest absolute Gasteiger partial charge is 0.458 e. The summed E-state index contributed by atoms with van der Waals surface area (Å²) < 4.78 is 5.04. The Morgan fingerprint density at radius 3 is 3.10 bits per heavy atom. The van der Waals surface area contributed by atoms with Crippen molar-refractivity contribution in [1.82, 2.24) is 4.90 Å². The number of thiocarbonyl (C=S) groups is 1. The Morgan fingerprint density at radius 1 is 2.00 bits per heavy atom. The van der Waals surface area contributed by atoms with E-state index in [-0.39, 0.29) is 6.23 Å². The molecule has 2 N–H and O–H groups in total. The first kappa shape index (κ1) is 7.27. The van der Waals surface area contributed by atoms with Crippen LogP contribution in [-0.2, 0) is 4.74 Å². The van der Waals surface area contributed by atoms with Crippen LogP contribution in [0.15, 0.2) is 4.99 Å². The van der Waals surface area contributed by atoms with Crippen molar-refractivity contribution in [2.45, 2.75) is 6.23 Å². The molecule has 1 aliphatic rings. The molecule has 0 fully saturated rings. The lowest BCUT2D eigenvalue weighted by molar-refractivity contribution is 0.120. The van der Waals surface area contributed by atoms with Crippen LogP contribution in [0, 0.1) is 0 Å². The maximum atomic E-state index is 5.34. The molecule has 1 rings (SSSR count). The van der Waals surface area contributed by atoms with E-state index in [2.05, 4.69) is 4.99 Å².